The van der Waals surface area contributed by atoms with E-state index in [1.165, 1.54) is 0 Å². The van der Waals surface area contributed by atoms with Gasteiger partial charge in [-0.2, -0.15) is 5.10 Å². The zero-order valence-electron chi connectivity index (χ0n) is 12.8. The lowest BCUT2D eigenvalue weighted by atomic mass is 10.1. The minimum Gasteiger partial charge on any atom is -0.346 e. The molecule has 0 radical (unpaired) electrons. The number of aryl methyl sites for hydroxylation is 3. The highest BCUT2D eigenvalue weighted by Crippen LogP contribution is 2.26. The average molecular weight is 287 g/mol. The van der Waals surface area contributed by atoms with Crippen LogP contribution < -0.4 is 0 Å². The van der Waals surface area contributed by atoms with Gasteiger partial charge in [0, 0.05) is 43.6 Å². The summed E-state index contributed by atoms with van der Waals surface area (Å²) in [5.74, 6) is 1.38. The largest absolute Gasteiger partial charge is 0.346 e. The molecule has 6 nitrogen and oxygen atoms in total. The molecule has 1 N–H and O–H groups in total. The Hall–Kier alpha value is -2.11. The number of carbonyl (C=O) groups is 1. The Morgan fingerprint density at radius 2 is 2.29 bits per heavy atom. The highest BCUT2D eigenvalue weighted by molar-refractivity contribution is 5.95. The molecule has 21 heavy (non-hydrogen) atoms. The van der Waals surface area contributed by atoms with Gasteiger partial charge in [0.1, 0.15) is 5.82 Å². The van der Waals surface area contributed by atoms with Crippen molar-refractivity contribution in [2.45, 2.75) is 39.7 Å². The molecule has 1 aliphatic rings. The Balaban J connectivity index is 1.73. The molecule has 1 atom stereocenters. The number of likely N-dealkylation sites (tertiary alicyclic amines) is 1. The summed E-state index contributed by atoms with van der Waals surface area (Å²) in [6, 6.07) is 0. The summed E-state index contributed by atoms with van der Waals surface area (Å²) in [5, 5.41) is 4.35. The fourth-order valence-corrected chi connectivity index (χ4v) is 2.87. The number of nitrogens with one attached hydrogen (secondary N) is 1. The number of carbonyl (C=O) groups excluding carboxylic acids is 1. The van der Waals surface area contributed by atoms with Gasteiger partial charge in [0.15, 0.2) is 0 Å². The van der Waals surface area contributed by atoms with Crippen molar-refractivity contribution in [1.29, 1.82) is 0 Å². The maximum Gasteiger partial charge on any atom is 0.257 e. The summed E-state index contributed by atoms with van der Waals surface area (Å²) in [7, 11) is 0. The van der Waals surface area contributed by atoms with Crippen molar-refractivity contribution >= 4 is 5.91 Å². The van der Waals surface area contributed by atoms with Gasteiger partial charge in [-0.05, 0) is 27.2 Å². The number of nitrogens with zero attached hydrogens (tertiary/aromatic N) is 4. The Kier molecular flexibility index (Phi) is 3.53. The second-order valence-corrected chi connectivity index (χ2v) is 5.67. The molecular formula is C15H21N5O. The molecular weight excluding hydrogens is 266 g/mol. The fraction of sp³-hybridized carbons (Fsp3) is 0.533. The molecule has 0 unspecified atom stereocenters. The second kappa shape index (κ2) is 5.35. The highest BCUT2D eigenvalue weighted by Gasteiger charge is 2.30. The lowest BCUT2D eigenvalue weighted by molar-refractivity contribution is 0.0790. The van der Waals surface area contributed by atoms with Crippen molar-refractivity contribution < 1.29 is 4.79 Å². The number of rotatable bonds is 3. The number of imidazole rings is 1. The number of hydrogen-bond donors (Lipinski definition) is 1. The zero-order chi connectivity index (χ0) is 15.0. The van der Waals surface area contributed by atoms with E-state index in [0.29, 0.717) is 11.5 Å². The van der Waals surface area contributed by atoms with Crippen LogP contribution in [0.3, 0.4) is 0 Å². The number of hydrogen-bond acceptors (Lipinski definition) is 3. The average Bonchev–Trinajstić information content (AvgIpc) is 3.16. The minimum absolute atomic E-state index is 0.0815. The first-order chi connectivity index (χ1) is 10.1. The van der Waals surface area contributed by atoms with Gasteiger partial charge < -0.3 is 9.88 Å². The van der Waals surface area contributed by atoms with Crippen LogP contribution in [-0.2, 0) is 6.54 Å². The van der Waals surface area contributed by atoms with Gasteiger partial charge in [-0.3, -0.25) is 9.48 Å². The third-order valence-electron chi connectivity index (χ3n) is 4.09. The number of aromatic nitrogens is 4. The van der Waals surface area contributed by atoms with E-state index in [4.69, 9.17) is 0 Å². The second-order valence-electron chi connectivity index (χ2n) is 5.67. The van der Waals surface area contributed by atoms with E-state index < -0.39 is 0 Å². The van der Waals surface area contributed by atoms with Crippen LogP contribution in [0, 0.1) is 13.8 Å². The number of aromatic amines is 1. The normalized spacial score (nSPS) is 18.4. The predicted molar refractivity (Wildman–Crippen MR) is 79.2 cm³/mol. The molecule has 2 aromatic rings. The quantitative estimate of drug-likeness (QED) is 0.937. The smallest absolute Gasteiger partial charge is 0.257 e. The van der Waals surface area contributed by atoms with Crippen molar-refractivity contribution in [3.63, 3.8) is 0 Å². The van der Waals surface area contributed by atoms with Gasteiger partial charge >= 0.3 is 0 Å². The summed E-state index contributed by atoms with van der Waals surface area (Å²) >= 11 is 0. The molecule has 1 saturated heterocycles. The van der Waals surface area contributed by atoms with E-state index in [-0.39, 0.29) is 5.91 Å². The van der Waals surface area contributed by atoms with E-state index in [1.54, 1.807) is 0 Å². The van der Waals surface area contributed by atoms with Crippen molar-refractivity contribution in [3.05, 3.63) is 35.2 Å². The Labute approximate surface area is 124 Å². The molecule has 3 heterocycles. The number of amides is 1. The summed E-state index contributed by atoms with van der Waals surface area (Å²) in [6.45, 7) is 8.19. The van der Waals surface area contributed by atoms with E-state index in [1.807, 2.05) is 42.7 Å². The van der Waals surface area contributed by atoms with Crippen LogP contribution in [0.1, 0.15) is 46.8 Å². The van der Waals surface area contributed by atoms with E-state index in [9.17, 15) is 4.79 Å². The molecule has 0 aliphatic carbocycles. The van der Waals surface area contributed by atoms with E-state index >= 15 is 0 Å². The van der Waals surface area contributed by atoms with Crippen LogP contribution in [0.25, 0.3) is 0 Å². The van der Waals surface area contributed by atoms with Crippen LogP contribution in [0.2, 0.25) is 0 Å². The third-order valence-corrected chi connectivity index (χ3v) is 4.09. The maximum atomic E-state index is 12.6. The lowest BCUT2D eigenvalue weighted by Gasteiger charge is -2.15. The monoisotopic (exact) mass is 287 g/mol. The highest BCUT2D eigenvalue weighted by atomic mass is 16.2. The lowest BCUT2D eigenvalue weighted by Crippen LogP contribution is -2.28. The fourth-order valence-electron chi connectivity index (χ4n) is 2.87. The molecule has 3 rings (SSSR count). The Morgan fingerprint density at radius 3 is 2.90 bits per heavy atom. The standard InChI is InChI=1S/C15H21N5O/c1-4-20-9-13(11(3)18-20)15(21)19-6-5-12(8-19)14-16-7-10(2)17-14/h7,9,12H,4-6,8H2,1-3H3,(H,16,17)/t12-/m0/s1. The first-order valence-electron chi connectivity index (χ1n) is 7.43. The summed E-state index contributed by atoms with van der Waals surface area (Å²) in [4.78, 5) is 22.2. The number of H-pyrrole nitrogens is 1. The Bertz CT molecular complexity index is 657. The van der Waals surface area contributed by atoms with Crippen molar-refractivity contribution in [3.8, 4) is 0 Å². The van der Waals surface area contributed by atoms with Crippen molar-refractivity contribution in [2.24, 2.45) is 0 Å². The first-order valence-corrected chi connectivity index (χ1v) is 7.43. The van der Waals surface area contributed by atoms with Crippen LogP contribution in [0.15, 0.2) is 12.4 Å². The molecule has 1 aliphatic heterocycles. The summed E-state index contributed by atoms with van der Waals surface area (Å²) in [5.41, 5.74) is 2.59. The summed E-state index contributed by atoms with van der Waals surface area (Å²) < 4.78 is 1.81. The Morgan fingerprint density at radius 1 is 1.48 bits per heavy atom. The maximum absolute atomic E-state index is 12.6. The molecule has 0 aromatic carbocycles. The van der Waals surface area contributed by atoms with Gasteiger partial charge in [-0.25, -0.2) is 4.98 Å². The van der Waals surface area contributed by atoms with Gasteiger partial charge in [0.05, 0.1) is 11.3 Å². The molecule has 0 saturated carbocycles. The van der Waals surface area contributed by atoms with Gasteiger partial charge in [0.25, 0.3) is 5.91 Å². The minimum atomic E-state index is 0.0815. The third kappa shape index (κ3) is 2.57. The van der Waals surface area contributed by atoms with Crippen molar-refractivity contribution in [2.75, 3.05) is 13.1 Å². The molecule has 1 fully saturated rings. The van der Waals surface area contributed by atoms with Gasteiger partial charge in [0.2, 0.25) is 0 Å². The topological polar surface area (TPSA) is 66.8 Å². The predicted octanol–water partition coefficient (Wildman–Crippen LogP) is 1.87. The molecule has 112 valence electrons. The van der Waals surface area contributed by atoms with Crippen LogP contribution in [0.4, 0.5) is 0 Å². The van der Waals surface area contributed by atoms with Gasteiger partial charge in [-0.1, -0.05) is 0 Å². The molecule has 2 aromatic heterocycles. The van der Waals surface area contributed by atoms with Crippen LogP contribution in [-0.4, -0.2) is 43.6 Å². The van der Waals surface area contributed by atoms with Crippen molar-refractivity contribution in [1.82, 2.24) is 24.6 Å². The zero-order valence-corrected chi connectivity index (χ0v) is 12.8. The first kappa shape index (κ1) is 13.9. The van der Waals surface area contributed by atoms with E-state index in [0.717, 1.165) is 43.3 Å². The molecule has 0 spiro atoms. The molecule has 6 heteroatoms. The molecule has 1 amide bonds. The van der Waals surface area contributed by atoms with Crippen LogP contribution >= 0.6 is 0 Å². The molecule has 0 bridgehead atoms. The summed E-state index contributed by atoms with van der Waals surface area (Å²) in [6.07, 6.45) is 4.65. The van der Waals surface area contributed by atoms with Crippen LogP contribution in [0.5, 0.6) is 0 Å². The SMILES string of the molecule is CCn1cc(C(=O)N2CC[C@H](c3ncc(C)[nH]3)C2)c(C)n1. The van der Waals surface area contributed by atoms with Gasteiger partial charge in [-0.15, -0.1) is 0 Å². The van der Waals surface area contributed by atoms with E-state index in [2.05, 4.69) is 15.1 Å².